The minimum absolute atomic E-state index is 0.290. The molecule has 1 fully saturated rings. The van der Waals surface area contributed by atoms with Crippen LogP contribution in [0.1, 0.15) is 15.9 Å². The van der Waals surface area contributed by atoms with Crippen molar-refractivity contribution in [2.45, 2.75) is 13.5 Å². The fraction of sp³-hybridized carbons (Fsp3) is 0.412. The number of ether oxygens (including phenoxy) is 1. The van der Waals surface area contributed by atoms with Crippen LogP contribution in [-0.4, -0.2) is 53.4 Å². The Morgan fingerprint density at radius 2 is 2.12 bits per heavy atom. The molecular weight excluding hydrogens is 311 g/mol. The number of carbonyl (C=O) groups is 1. The summed E-state index contributed by atoms with van der Waals surface area (Å²) >= 11 is 0. The van der Waals surface area contributed by atoms with Crippen molar-refractivity contribution in [1.29, 1.82) is 0 Å². The summed E-state index contributed by atoms with van der Waals surface area (Å²) in [5, 5.41) is 6.95. The molecule has 1 aromatic heterocycles. The van der Waals surface area contributed by atoms with Crippen LogP contribution in [0.4, 0.5) is 10.1 Å². The quantitative estimate of drug-likeness (QED) is 0.909. The highest BCUT2D eigenvalue weighted by molar-refractivity contribution is 6.04. The molecule has 0 unspecified atom stereocenters. The highest BCUT2D eigenvalue weighted by Crippen LogP contribution is 2.17. The smallest absolute Gasteiger partial charge is 0.258 e. The molecule has 128 valence electrons. The van der Waals surface area contributed by atoms with Crippen LogP contribution in [0.2, 0.25) is 0 Å². The van der Waals surface area contributed by atoms with Crippen molar-refractivity contribution >= 4 is 11.6 Å². The third-order valence-electron chi connectivity index (χ3n) is 4.09. The Kier molecular flexibility index (Phi) is 5.22. The van der Waals surface area contributed by atoms with Crippen molar-refractivity contribution in [2.75, 3.05) is 38.2 Å². The van der Waals surface area contributed by atoms with E-state index >= 15 is 0 Å². The Bertz CT molecular complexity index is 710. The molecule has 0 spiro atoms. The maximum absolute atomic E-state index is 13.3. The molecule has 6 nitrogen and oxygen atoms in total. The molecule has 2 heterocycles. The molecule has 3 rings (SSSR count). The summed E-state index contributed by atoms with van der Waals surface area (Å²) in [4.78, 5) is 14.6. The van der Waals surface area contributed by atoms with Crippen molar-refractivity contribution in [3.05, 3.63) is 47.5 Å². The number of halogens is 1. The second kappa shape index (κ2) is 7.55. The van der Waals surface area contributed by atoms with E-state index in [0.717, 1.165) is 38.4 Å². The molecule has 0 atom stereocenters. The summed E-state index contributed by atoms with van der Waals surface area (Å²) in [5.41, 5.74) is 1.74. The van der Waals surface area contributed by atoms with Crippen molar-refractivity contribution in [2.24, 2.45) is 0 Å². The van der Waals surface area contributed by atoms with Crippen LogP contribution in [0.5, 0.6) is 0 Å². The first-order chi connectivity index (χ1) is 11.6. The van der Waals surface area contributed by atoms with E-state index in [1.165, 1.54) is 18.3 Å². The zero-order chi connectivity index (χ0) is 16.9. The molecule has 1 N–H and O–H groups in total. The van der Waals surface area contributed by atoms with Crippen LogP contribution < -0.4 is 5.32 Å². The minimum Gasteiger partial charge on any atom is -0.379 e. The SMILES string of the molecule is Cc1ccc(F)cc1NC(=O)c1cnn(CCN2CCOCC2)c1. The number of aryl methyl sites for hydroxylation is 1. The van der Waals surface area contributed by atoms with Gasteiger partial charge in [-0.3, -0.25) is 14.4 Å². The van der Waals surface area contributed by atoms with Gasteiger partial charge in [-0.15, -0.1) is 0 Å². The lowest BCUT2D eigenvalue weighted by Gasteiger charge is -2.26. The number of benzene rings is 1. The standard InChI is InChI=1S/C17H21FN4O2/c1-13-2-3-15(18)10-16(13)20-17(23)14-11-19-22(12-14)5-4-21-6-8-24-9-7-21/h2-3,10-12H,4-9H2,1H3,(H,20,23). The number of morpholine rings is 1. The van der Waals surface area contributed by atoms with Gasteiger partial charge in [0.25, 0.3) is 5.91 Å². The van der Waals surface area contributed by atoms with Gasteiger partial charge in [0.15, 0.2) is 0 Å². The maximum Gasteiger partial charge on any atom is 0.258 e. The van der Waals surface area contributed by atoms with Gasteiger partial charge in [-0.1, -0.05) is 6.07 Å². The molecule has 2 aromatic rings. The predicted molar refractivity (Wildman–Crippen MR) is 88.6 cm³/mol. The highest BCUT2D eigenvalue weighted by Gasteiger charge is 2.13. The minimum atomic E-state index is -0.378. The number of nitrogens with zero attached hydrogens (tertiary/aromatic N) is 3. The van der Waals surface area contributed by atoms with Gasteiger partial charge in [-0.05, 0) is 24.6 Å². The number of aromatic nitrogens is 2. The first-order valence-corrected chi connectivity index (χ1v) is 8.02. The average molecular weight is 332 g/mol. The molecule has 24 heavy (non-hydrogen) atoms. The van der Waals surface area contributed by atoms with Gasteiger partial charge in [0, 0.05) is 31.5 Å². The van der Waals surface area contributed by atoms with Crippen LogP contribution in [0.25, 0.3) is 0 Å². The first-order valence-electron chi connectivity index (χ1n) is 8.02. The Hall–Kier alpha value is -2.25. The van der Waals surface area contributed by atoms with E-state index in [9.17, 15) is 9.18 Å². The lowest BCUT2D eigenvalue weighted by atomic mass is 10.2. The van der Waals surface area contributed by atoms with Crippen LogP contribution in [0.3, 0.4) is 0 Å². The fourth-order valence-corrected chi connectivity index (χ4v) is 2.60. The van der Waals surface area contributed by atoms with Crippen LogP contribution in [-0.2, 0) is 11.3 Å². The topological polar surface area (TPSA) is 59.4 Å². The Labute approximate surface area is 140 Å². The van der Waals surface area contributed by atoms with Gasteiger partial charge >= 0.3 is 0 Å². The van der Waals surface area contributed by atoms with E-state index in [1.807, 2.05) is 6.92 Å². The molecule has 0 bridgehead atoms. The van der Waals surface area contributed by atoms with Gasteiger partial charge in [-0.25, -0.2) is 4.39 Å². The molecule has 1 amide bonds. The number of hydrogen-bond acceptors (Lipinski definition) is 4. The molecule has 1 aliphatic rings. The number of rotatable bonds is 5. The Morgan fingerprint density at radius 1 is 1.33 bits per heavy atom. The molecule has 1 aliphatic heterocycles. The molecule has 1 aromatic carbocycles. The van der Waals surface area contributed by atoms with Crippen molar-refractivity contribution < 1.29 is 13.9 Å². The molecule has 7 heteroatoms. The van der Waals surface area contributed by atoms with Crippen molar-refractivity contribution in [1.82, 2.24) is 14.7 Å². The van der Waals surface area contributed by atoms with Crippen LogP contribution in [0.15, 0.2) is 30.6 Å². The van der Waals surface area contributed by atoms with E-state index in [1.54, 1.807) is 16.9 Å². The highest BCUT2D eigenvalue weighted by atomic mass is 19.1. The summed E-state index contributed by atoms with van der Waals surface area (Å²) in [6.07, 6.45) is 3.24. The van der Waals surface area contributed by atoms with Crippen molar-refractivity contribution in [3.63, 3.8) is 0 Å². The summed E-state index contributed by atoms with van der Waals surface area (Å²) < 4.78 is 20.4. The summed E-state index contributed by atoms with van der Waals surface area (Å²) in [6, 6.07) is 4.32. The molecule has 0 radical (unpaired) electrons. The zero-order valence-electron chi connectivity index (χ0n) is 13.7. The number of nitrogens with one attached hydrogen (secondary N) is 1. The predicted octanol–water partition coefficient (Wildman–Crippen LogP) is 1.92. The Morgan fingerprint density at radius 3 is 2.92 bits per heavy atom. The van der Waals surface area contributed by atoms with E-state index < -0.39 is 0 Å². The van der Waals surface area contributed by atoms with Crippen molar-refractivity contribution in [3.8, 4) is 0 Å². The Balaban J connectivity index is 1.58. The summed E-state index contributed by atoms with van der Waals surface area (Å²) in [5.74, 6) is -0.668. The fourth-order valence-electron chi connectivity index (χ4n) is 2.60. The third-order valence-corrected chi connectivity index (χ3v) is 4.09. The molecule has 0 saturated carbocycles. The van der Waals surface area contributed by atoms with Gasteiger partial charge < -0.3 is 10.1 Å². The summed E-state index contributed by atoms with van der Waals surface area (Å²) in [7, 11) is 0. The molecular formula is C17H21FN4O2. The van der Waals surface area contributed by atoms with E-state index in [-0.39, 0.29) is 11.7 Å². The zero-order valence-corrected chi connectivity index (χ0v) is 13.7. The van der Waals surface area contributed by atoms with Crippen LogP contribution >= 0.6 is 0 Å². The molecule has 1 saturated heterocycles. The van der Waals surface area contributed by atoms with E-state index in [2.05, 4.69) is 15.3 Å². The van der Waals surface area contributed by atoms with Gasteiger partial charge in [0.1, 0.15) is 5.82 Å². The summed E-state index contributed by atoms with van der Waals surface area (Å²) in [6.45, 7) is 6.78. The largest absolute Gasteiger partial charge is 0.379 e. The number of hydrogen-bond donors (Lipinski definition) is 1. The average Bonchev–Trinajstić information content (AvgIpc) is 3.06. The maximum atomic E-state index is 13.3. The second-order valence-corrected chi connectivity index (χ2v) is 5.86. The number of amides is 1. The normalized spacial score (nSPS) is 15.4. The number of carbonyl (C=O) groups excluding carboxylic acids is 1. The van der Waals surface area contributed by atoms with Gasteiger partial charge in [-0.2, -0.15) is 5.10 Å². The van der Waals surface area contributed by atoms with Gasteiger partial charge in [0.2, 0.25) is 0 Å². The lowest BCUT2D eigenvalue weighted by molar-refractivity contribution is 0.0360. The lowest BCUT2D eigenvalue weighted by Crippen LogP contribution is -2.38. The number of anilines is 1. The monoisotopic (exact) mass is 332 g/mol. The van der Waals surface area contributed by atoms with Gasteiger partial charge in [0.05, 0.1) is 31.5 Å². The third kappa shape index (κ3) is 4.18. The molecule has 0 aliphatic carbocycles. The van der Waals surface area contributed by atoms with Crippen LogP contribution in [0, 0.1) is 12.7 Å². The second-order valence-electron chi connectivity index (χ2n) is 5.86. The van der Waals surface area contributed by atoms with E-state index in [0.29, 0.717) is 17.8 Å². The first kappa shape index (κ1) is 16.6. The van der Waals surface area contributed by atoms with E-state index in [4.69, 9.17) is 4.74 Å².